The molecule has 2 heteroatoms. The van der Waals surface area contributed by atoms with E-state index in [1.807, 2.05) is 12.1 Å². The molecule has 0 radical (unpaired) electrons. The van der Waals surface area contributed by atoms with Gasteiger partial charge in [-0.05, 0) is 48.8 Å². The van der Waals surface area contributed by atoms with Gasteiger partial charge in [-0.3, -0.25) is 0 Å². The SMILES string of the molecule is NCC1(c2cccc(F)c2)CC2(CCCCC2)C1. The third kappa shape index (κ3) is 1.87. The number of hydrogen-bond acceptors (Lipinski definition) is 1. The standard InChI is InChI=1S/C16H22FN/c17-14-6-4-5-13(9-14)16(12-18)10-15(11-16)7-2-1-3-8-15/h4-6,9H,1-3,7-8,10-12,18H2. The molecule has 0 amide bonds. The van der Waals surface area contributed by atoms with Gasteiger partial charge in [-0.15, -0.1) is 0 Å². The molecule has 2 N–H and O–H groups in total. The molecule has 98 valence electrons. The first-order valence-electron chi connectivity index (χ1n) is 7.14. The highest BCUT2D eigenvalue weighted by Crippen LogP contribution is 2.61. The predicted octanol–water partition coefficient (Wildman–Crippen LogP) is 3.77. The molecule has 3 rings (SSSR count). The monoisotopic (exact) mass is 247 g/mol. The quantitative estimate of drug-likeness (QED) is 0.846. The van der Waals surface area contributed by atoms with Gasteiger partial charge in [0.15, 0.2) is 0 Å². The van der Waals surface area contributed by atoms with Crippen LogP contribution in [0.2, 0.25) is 0 Å². The summed E-state index contributed by atoms with van der Waals surface area (Å²) in [6.07, 6.45) is 9.15. The summed E-state index contributed by atoms with van der Waals surface area (Å²) in [4.78, 5) is 0. The van der Waals surface area contributed by atoms with Gasteiger partial charge in [-0.1, -0.05) is 31.4 Å². The Morgan fingerprint density at radius 2 is 1.83 bits per heavy atom. The van der Waals surface area contributed by atoms with Crippen LogP contribution in [-0.2, 0) is 5.41 Å². The van der Waals surface area contributed by atoms with Crippen molar-refractivity contribution in [1.29, 1.82) is 0 Å². The lowest BCUT2D eigenvalue weighted by Gasteiger charge is -2.58. The number of halogens is 1. The second-order valence-corrected chi connectivity index (χ2v) is 6.41. The minimum absolute atomic E-state index is 0.0550. The van der Waals surface area contributed by atoms with Crippen LogP contribution in [0.15, 0.2) is 24.3 Å². The van der Waals surface area contributed by atoms with Crippen molar-refractivity contribution in [3.8, 4) is 0 Å². The largest absolute Gasteiger partial charge is 0.330 e. The van der Waals surface area contributed by atoms with E-state index in [-0.39, 0.29) is 11.2 Å². The third-order valence-corrected chi connectivity index (χ3v) is 5.17. The van der Waals surface area contributed by atoms with Gasteiger partial charge in [0.2, 0.25) is 0 Å². The molecule has 18 heavy (non-hydrogen) atoms. The van der Waals surface area contributed by atoms with Crippen LogP contribution in [0.25, 0.3) is 0 Å². The topological polar surface area (TPSA) is 26.0 Å². The molecule has 0 heterocycles. The second-order valence-electron chi connectivity index (χ2n) is 6.41. The normalized spacial score (nSPS) is 24.8. The summed E-state index contributed by atoms with van der Waals surface area (Å²) in [5.41, 5.74) is 7.72. The average molecular weight is 247 g/mol. The van der Waals surface area contributed by atoms with Crippen LogP contribution in [0.4, 0.5) is 4.39 Å². The lowest BCUT2D eigenvalue weighted by Crippen LogP contribution is -2.54. The zero-order valence-electron chi connectivity index (χ0n) is 10.9. The van der Waals surface area contributed by atoms with Crippen molar-refractivity contribution in [2.45, 2.75) is 50.4 Å². The molecule has 1 nitrogen and oxygen atoms in total. The van der Waals surface area contributed by atoms with Crippen LogP contribution < -0.4 is 5.73 Å². The molecular formula is C16H22FN. The van der Waals surface area contributed by atoms with Gasteiger partial charge in [-0.25, -0.2) is 4.39 Å². The lowest BCUT2D eigenvalue weighted by molar-refractivity contribution is -0.00847. The smallest absolute Gasteiger partial charge is 0.123 e. The van der Waals surface area contributed by atoms with Crippen molar-refractivity contribution in [2.24, 2.45) is 11.1 Å². The maximum atomic E-state index is 13.4. The van der Waals surface area contributed by atoms with Crippen LogP contribution in [0.1, 0.15) is 50.5 Å². The van der Waals surface area contributed by atoms with Gasteiger partial charge in [0.25, 0.3) is 0 Å². The highest BCUT2D eigenvalue weighted by molar-refractivity contribution is 5.32. The molecule has 2 saturated carbocycles. The van der Waals surface area contributed by atoms with E-state index >= 15 is 0 Å². The van der Waals surface area contributed by atoms with E-state index in [2.05, 4.69) is 0 Å². The Labute approximate surface area is 109 Å². The molecule has 2 aliphatic rings. The summed E-state index contributed by atoms with van der Waals surface area (Å²) in [5.74, 6) is -0.134. The van der Waals surface area contributed by atoms with E-state index in [1.54, 1.807) is 6.07 Å². The molecule has 1 spiro atoms. The maximum Gasteiger partial charge on any atom is 0.123 e. The Kier molecular flexibility index (Phi) is 2.93. The van der Waals surface area contributed by atoms with Crippen molar-refractivity contribution >= 4 is 0 Å². The van der Waals surface area contributed by atoms with Crippen LogP contribution in [0, 0.1) is 11.2 Å². The van der Waals surface area contributed by atoms with Crippen LogP contribution in [0.3, 0.4) is 0 Å². The van der Waals surface area contributed by atoms with Gasteiger partial charge in [0, 0.05) is 12.0 Å². The Hall–Kier alpha value is -0.890. The summed E-state index contributed by atoms with van der Waals surface area (Å²) in [5, 5.41) is 0. The first-order valence-corrected chi connectivity index (χ1v) is 7.14. The van der Waals surface area contributed by atoms with Crippen molar-refractivity contribution in [2.75, 3.05) is 6.54 Å². The molecule has 2 aliphatic carbocycles. The molecule has 1 aromatic rings. The Morgan fingerprint density at radius 1 is 1.11 bits per heavy atom. The van der Waals surface area contributed by atoms with Crippen LogP contribution in [0.5, 0.6) is 0 Å². The molecule has 0 atom stereocenters. The van der Waals surface area contributed by atoms with E-state index in [1.165, 1.54) is 51.0 Å². The minimum atomic E-state index is -0.134. The minimum Gasteiger partial charge on any atom is -0.330 e. The van der Waals surface area contributed by atoms with Gasteiger partial charge >= 0.3 is 0 Å². The van der Waals surface area contributed by atoms with Crippen LogP contribution in [-0.4, -0.2) is 6.54 Å². The fourth-order valence-corrected chi connectivity index (χ4v) is 4.32. The van der Waals surface area contributed by atoms with E-state index in [9.17, 15) is 4.39 Å². The molecule has 2 fully saturated rings. The number of rotatable bonds is 2. The predicted molar refractivity (Wildman–Crippen MR) is 71.9 cm³/mol. The third-order valence-electron chi connectivity index (χ3n) is 5.17. The van der Waals surface area contributed by atoms with Crippen molar-refractivity contribution in [3.05, 3.63) is 35.6 Å². The van der Waals surface area contributed by atoms with Gasteiger partial charge in [0.05, 0.1) is 0 Å². The molecule has 1 aromatic carbocycles. The molecule has 0 saturated heterocycles. The highest BCUT2D eigenvalue weighted by atomic mass is 19.1. The van der Waals surface area contributed by atoms with Gasteiger partial charge < -0.3 is 5.73 Å². The second kappa shape index (κ2) is 4.34. The Bertz CT molecular complexity index is 426. The summed E-state index contributed by atoms with van der Waals surface area (Å²) < 4.78 is 13.4. The molecular weight excluding hydrogens is 225 g/mol. The van der Waals surface area contributed by atoms with E-state index in [4.69, 9.17) is 5.73 Å². The van der Waals surface area contributed by atoms with E-state index in [0.29, 0.717) is 12.0 Å². The van der Waals surface area contributed by atoms with Gasteiger partial charge in [0.1, 0.15) is 5.82 Å². The highest BCUT2D eigenvalue weighted by Gasteiger charge is 2.54. The summed E-state index contributed by atoms with van der Waals surface area (Å²) in [6.45, 7) is 0.651. The number of hydrogen-bond donors (Lipinski definition) is 1. The van der Waals surface area contributed by atoms with Crippen LogP contribution >= 0.6 is 0 Å². The molecule has 0 unspecified atom stereocenters. The molecule has 0 aromatic heterocycles. The number of benzene rings is 1. The summed E-state index contributed by atoms with van der Waals surface area (Å²) >= 11 is 0. The summed E-state index contributed by atoms with van der Waals surface area (Å²) in [6, 6.07) is 7.06. The fourth-order valence-electron chi connectivity index (χ4n) is 4.32. The van der Waals surface area contributed by atoms with Crippen molar-refractivity contribution in [3.63, 3.8) is 0 Å². The lowest BCUT2D eigenvalue weighted by atomic mass is 9.47. The zero-order chi connectivity index (χ0) is 12.6. The zero-order valence-corrected chi connectivity index (χ0v) is 10.9. The van der Waals surface area contributed by atoms with Gasteiger partial charge in [-0.2, -0.15) is 0 Å². The first-order chi connectivity index (χ1) is 8.68. The Morgan fingerprint density at radius 3 is 2.44 bits per heavy atom. The average Bonchev–Trinajstić information content (AvgIpc) is 2.36. The van der Waals surface area contributed by atoms with E-state index in [0.717, 1.165) is 5.56 Å². The fraction of sp³-hybridized carbons (Fsp3) is 0.625. The number of nitrogens with two attached hydrogens (primary N) is 1. The van der Waals surface area contributed by atoms with Crippen molar-refractivity contribution in [1.82, 2.24) is 0 Å². The molecule has 0 bridgehead atoms. The van der Waals surface area contributed by atoms with Crippen molar-refractivity contribution < 1.29 is 4.39 Å². The maximum absolute atomic E-state index is 13.4. The van der Waals surface area contributed by atoms with E-state index < -0.39 is 0 Å². The Balaban J connectivity index is 1.82. The summed E-state index contributed by atoms with van der Waals surface area (Å²) in [7, 11) is 0. The molecule has 0 aliphatic heterocycles. The first kappa shape index (κ1) is 12.2.